The Morgan fingerprint density at radius 1 is 0.439 bits per heavy atom. The minimum atomic E-state index is -0.356. The van der Waals surface area contributed by atoms with Crippen molar-refractivity contribution in [1.82, 2.24) is 20.4 Å². The van der Waals surface area contributed by atoms with Gasteiger partial charge in [-0.3, -0.25) is 9.59 Å². The fraction of sp³-hybridized carbons (Fsp3) is 0.324. The maximum Gasteiger partial charge on any atom is 0.284 e. The van der Waals surface area contributed by atoms with Crippen LogP contribution in [0.2, 0.25) is 0 Å². The summed E-state index contributed by atoms with van der Waals surface area (Å²) in [5, 5.41) is 41.6. The molecule has 1 aliphatic rings. The summed E-state index contributed by atoms with van der Waals surface area (Å²) in [5.74, 6) is 1.70. The Morgan fingerprint density at radius 2 is 0.720 bits per heavy atom. The molecule has 0 radical (unpaired) electrons. The number of aromatic nitrogens is 4. The van der Waals surface area contributed by atoms with Gasteiger partial charge in [0.05, 0.1) is 0 Å². The molecule has 0 unspecified atom stereocenters. The molecular formula is C68H72N4O8S2. The fourth-order valence-electron chi connectivity index (χ4n) is 9.65. The minimum Gasteiger partial charge on any atom is -0.507 e. The van der Waals surface area contributed by atoms with E-state index in [1.165, 1.54) is 0 Å². The normalized spacial score (nSPS) is 13.2. The Kier molecular flexibility index (Phi) is 17.3. The second kappa shape index (κ2) is 24.0. The number of ether oxygens (including phenoxy) is 2. The molecule has 8 aromatic rings. The highest BCUT2D eigenvalue weighted by atomic mass is 32.2. The summed E-state index contributed by atoms with van der Waals surface area (Å²) < 4.78 is 25.2. The van der Waals surface area contributed by atoms with Gasteiger partial charge in [0.25, 0.3) is 10.4 Å². The van der Waals surface area contributed by atoms with Crippen molar-refractivity contribution in [3.05, 3.63) is 199 Å². The van der Waals surface area contributed by atoms with Gasteiger partial charge in [0.15, 0.2) is 13.2 Å². The third-order valence-electron chi connectivity index (χ3n) is 14.4. The summed E-state index contributed by atoms with van der Waals surface area (Å²) in [4.78, 5) is 27.9. The Labute approximate surface area is 489 Å². The molecule has 0 saturated heterocycles. The SMILES string of the molecule is CC(C)(C)c1cc2c(O)c(c1)Cc1cc(C(C)(C)C)cc(c1OCC(=O)Sc1nnc(/C=C/c3ccccc3)o1)Cc1cc(C(C)(C)C)cc(c1O)Cc1cc(C(C)(C)C)cc(c1OCC(=O)Sc1nnc(/C=C/c3ccccc3)o1)C2. The average Bonchev–Trinajstić information content (AvgIpc) is 4.06. The summed E-state index contributed by atoms with van der Waals surface area (Å²) >= 11 is 1.62. The summed E-state index contributed by atoms with van der Waals surface area (Å²) in [6.07, 6.45) is 8.06. The number of thioether (sulfide) groups is 2. The van der Waals surface area contributed by atoms with E-state index in [1.54, 1.807) is 12.2 Å². The number of hydrogen-bond donors (Lipinski definition) is 2. The average molecular weight is 1140 g/mol. The van der Waals surface area contributed by atoms with Crippen LogP contribution in [-0.2, 0) is 56.9 Å². The number of aromatic hydroxyl groups is 2. The molecular weight excluding hydrogens is 1060 g/mol. The number of phenols is 2. The van der Waals surface area contributed by atoms with Gasteiger partial charge in [0.1, 0.15) is 23.0 Å². The second-order valence-electron chi connectivity index (χ2n) is 25.1. The standard InChI is InChI=1S/C68H72N4O8S2/c1-65(2,3)51-31-43-27-47-35-53(67(7,8)9)37-49(61(47)77-39-57(73)81-63-71-69-55(79-63)25-23-41-19-15-13-16-20-41)29-45-33-52(66(4,5)6)34-46(60(45)76)30-50-38-54(68(10,11)12)36-48(28-44(32-51)59(43)75)62(50)78-40-58(74)82-64-72-70-56(80-64)26-24-42-21-17-14-18-22-42/h13-26,31-38,75-76H,27-30,39-40H2,1-12H3/b25-23+,26-24+. The Hall–Kier alpha value is -7.68. The lowest BCUT2D eigenvalue weighted by atomic mass is 9.79. The highest BCUT2D eigenvalue weighted by molar-refractivity contribution is 8.13. The number of phenolic OH excluding ortho intramolecular Hbond substituents is 2. The van der Waals surface area contributed by atoms with Crippen LogP contribution in [0, 0.1) is 0 Å². The van der Waals surface area contributed by atoms with Crippen LogP contribution in [0.15, 0.2) is 128 Å². The first-order valence-corrected chi connectivity index (χ1v) is 29.2. The number of carbonyl (C=O) groups excluding carboxylic acids is 2. The van der Waals surface area contributed by atoms with Gasteiger partial charge in [-0.1, -0.05) is 192 Å². The quantitative estimate of drug-likeness (QED) is 0.111. The van der Waals surface area contributed by atoms with E-state index in [0.29, 0.717) is 33.8 Å². The van der Waals surface area contributed by atoms with Crippen molar-refractivity contribution in [2.24, 2.45) is 0 Å². The molecule has 0 amide bonds. The highest BCUT2D eigenvalue weighted by Gasteiger charge is 2.30. The van der Waals surface area contributed by atoms with Gasteiger partial charge in [-0.05, 0) is 112 Å². The minimum absolute atomic E-state index is 0.0862. The molecule has 0 aliphatic heterocycles. The first-order valence-electron chi connectivity index (χ1n) is 27.6. The van der Waals surface area contributed by atoms with E-state index < -0.39 is 0 Å². The van der Waals surface area contributed by atoms with Crippen LogP contribution in [-0.4, -0.2) is 54.1 Å². The van der Waals surface area contributed by atoms with Crippen LogP contribution >= 0.6 is 23.5 Å². The van der Waals surface area contributed by atoms with Gasteiger partial charge in [-0.25, -0.2) is 0 Å². The molecule has 82 heavy (non-hydrogen) atoms. The molecule has 0 saturated carbocycles. The van der Waals surface area contributed by atoms with Gasteiger partial charge in [0, 0.05) is 61.4 Å². The number of rotatable bonds is 12. The predicted molar refractivity (Wildman–Crippen MR) is 327 cm³/mol. The Morgan fingerprint density at radius 3 is 1.00 bits per heavy atom. The molecule has 2 heterocycles. The molecule has 9 rings (SSSR count). The summed E-state index contributed by atoms with van der Waals surface area (Å²) in [6.45, 7) is 25.1. The number of fused-ring (bicyclic) bond motifs is 8. The summed E-state index contributed by atoms with van der Waals surface area (Å²) in [7, 11) is 0. The van der Waals surface area contributed by atoms with Crippen molar-refractivity contribution in [3.8, 4) is 23.0 Å². The van der Waals surface area contributed by atoms with E-state index in [-0.39, 0.29) is 105 Å². The topological polar surface area (TPSA) is 171 Å². The molecule has 6 aromatic carbocycles. The van der Waals surface area contributed by atoms with Crippen molar-refractivity contribution in [3.63, 3.8) is 0 Å². The fourth-order valence-corrected chi connectivity index (χ4v) is 10.7. The molecule has 1 aliphatic carbocycles. The van der Waals surface area contributed by atoms with Gasteiger partial charge >= 0.3 is 0 Å². The molecule has 14 heteroatoms. The monoisotopic (exact) mass is 1140 g/mol. The van der Waals surface area contributed by atoms with Crippen molar-refractivity contribution in [1.29, 1.82) is 0 Å². The lowest BCUT2D eigenvalue weighted by Gasteiger charge is -2.28. The maximum atomic E-state index is 14.0. The zero-order valence-electron chi connectivity index (χ0n) is 48.9. The van der Waals surface area contributed by atoms with E-state index in [0.717, 1.165) is 79.2 Å². The van der Waals surface area contributed by atoms with Crippen molar-refractivity contribution >= 4 is 58.1 Å². The molecule has 12 nitrogen and oxygen atoms in total. The summed E-state index contributed by atoms with van der Waals surface area (Å²) in [5.41, 5.74) is 10.3. The third-order valence-corrected chi connectivity index (χ3v) is 15.7. The molecule has 0 fully saturated rings. The zero-order valence-corrected chi connectivity index (χ0v) is 50.5. The van der Waals surface area contributed by atoms with Crippen LogP contribution in [0.4, 0.5) is 0 Å². The van der Waals surface area contributed by atoms with E-state index in [2.05, 4.69) is 152 Å². The Bertz CT molecular complexity index is 3360. The lowest BCUT2D eigenvalue weighted by Crippen LogP contribution is -2.18. The van der Waals surface area contributed by atoms with Crippen LogP contribution in [0.1, 0.15) is 173 Å². The van der Waals surface area contributed by atoms with E-state index in [1.807, 2.05) is 72.8 Å². The molecule has 8 bridgehead atoms. The maximum absolute atomic E-state index is 14.0. The van der Waals surface area contributed by atoms with E-state index in [9.17, 15) is 19.8 Å². The smallest absolute Gasteiger partial charge is 0.284 e. The van der Waals surface area contributed by atoms with E-state index >= 15 is 0 Å². The van der Waals surface area contributed by atoms with Gasteiger partial charge in [-0.15, -0.1) is 20.4 Å². The lowest BCUT2D eigenvalue weighted by molar-refractivity contribution is -0.113. The number of benzene rings is 6. The molecule has 0 spiro atoms. The van der Waals surface area contributed by atoms with Gasteiger partial charge in [-0.2, -0.15) is 0 Å². The van der Waals surface area contributed by atoms with Crippen LogP contribution in [0.25, 0.3) is 24.3 Å². The van der Waals surface area contributed by atoms with Crippen LogP contribution < -0.4 is 9.47 Å². The molecule has 2 N–H and O–H groups in total. The third kappa shape index (κ3) is 14.7. The second-order valence-corrected chi connectivity index (χ2v) is 27.1. The van der Waals surface area contributed by atoms with Crippen molar-refractivity contribution < 1.29 is 38.1 Å². The first-order chi connectivity index (χ1) is 38.7. The molecule has 2 aromatic heterocycles. The number of carbonyl (C=O) groups is 2. The highest BCUT2D eigenvalue weighted by Crippen LogP contribution is 2.44. The molecule has 424 valence electrons. The van der Waals surface area contributed by atoms with E-state index in [4.69, 9.17) is 18.3 Å². The van der Waals surface area contributed by atoms with Crippen LogP contribution in [0.3, 0.4) is 0 Å². The number of hydrogen-bond acceptors (Lipinski definition) is 14. The number of nitrogens with zero attached hydrogens (tertiary/aromatic N) is 4. The van der Waals surface area contributed by atoms with Crippen molar-refractivity contribution in [2.75, 3.05) is 13.2 Å². The largest absolute Gasteiger partial charge is 0.507 e. The van der Waals surface area contributed by atoms with Crippen LogP contribution in [0.5, 0.6) is 23.0 Å². The molecule has 0 atom stereocenters. The zero-order chi connectivity index (χ0) is 58.7. The van der Waals surface area contributed by atoms with Gasteiger partial charge < -0.3 is 28.5 Å². The Balaban J connectivity index is 1.15. The van der Waals surface area contributed by atoms with Gasteiger partial charge in [0.2, 0.25) is 22.0 Å². The predicted octanol–water partition coefficient (Wildman–Crippen LogP) is 15.5. The van der Waals surface area contributed by atoms with Crippen molar-refractivity contribution in [2.45, 2.75) is 141 Å². The summed E-state index contributed by atoms with van der Waals surface area (Å²) in [6, 6.07) is 36.2. The first kappa shape index (κ1) is 59.0.